The molecule has 9 nitrogen and oxygen atoms in total. The number of carbonyl (C=O) groups is 3. The number of hydrogen-bond acceptors (Lipinski definition) is 6. The number of aliphatic hydroxyl groups excluding tert-OH is 1. The number of carbonyl (C=O) groups excluding carboxylic acids is 3. The number of hydrazone groups is 1. The van der Waals surface area contributed by atoms with E-state index in [4.69, 9.17) is 5.11 Å². The van der Waals surface area contributed by atoms with Gasteiger partial charge in [0.05, 0.1) is 13.0 Å². The zero-order valence-corrected chi connectivity index (χ0v) is 15.9. The summed E-state index contributed by atoms with van der Waals surface area (Å²) in [6.45, 7) is 1.25. The third-order valence-corrected chi connectivity index (χ3v) is 3.60. The Kier molecular flexibility index (Phi) is 8.33. The van der Waals surface area contributed by atoms with E-state index < -0.39 is 11.8 Å². The van der Waals surface area contributed by atoms with Crippen molar-refractivity contribution in [1.82, 2.24) is 10.7 Å². The second-order valence-corrected chi connectivity index (χ2v) is 6.06. The fourth-order valence-electron chi connectivity index (χ4n) is 2.25. The van der Waals surface area contributed by atoms with Crippen LogP contribution in [0.3, 0.4) is 0 Å². The molecule has 0 saturated heterocycles. The van der Waals surface area contributed by atoms with Gasteiger partial charge < -0.3 is 21.1 Å². The lowest BCUT2D eigenvalue weighted by molar-refractivity contribution is -0.139. The minimum Gasteiger partial charge on any atom is -0.395 e. The topological polar surface area (TPSA) is 132 Å². The van der Waals surface area contributed by atoms with E-state index in [1.54, 1.807) is 19.1 Å². The van der Waals surface area contributed by atoms with Gasteiger partial charge in [0.15, 0.2) is 0 Å². The van der Waals surface area contributed by atoms with Gasteiger partial charge in [-0.15, -0.1) is 0 Å². The van der Waals surface area contributed by atoms with E-state index in [1.165, 1.54) is 0 Å². The molecule has 0 heterocycles. The van der Waals surface area contributed by atoms with Crippen molar-refractivity contribution in [2.45, 2.75) is 13.3 Å². The summed E-state index contributed by atoms with van der Waals surface area (Å²) in [6, 6.07) is 16.9. The molecule has 0 aliphatic heterocycles. The Bertz CT molecular complexity index is 866. The number of amides is 3. The summed E-state index contributed by atoms with van der Waals surface area (Å²) in [5, 5.41) is 20.5. The summed E-state index contributed by atoms with van der Waals surface area (Å²) in [7, 11) is 0. The lowest BCUT2D eigenvalue weighted by Crippen LogP contribution is -2.39. The molecule has 152 valence electrons. The molecule has 0 spiro atoms. The zero-order chi connectivity index (χ0) is 21.1. The van der Waals surface area contributed by atoms with E-state index >= 15 is 0 Å². The Hall–Kier alpha value is -3.72. The monoisotopic (exact) mass is 397 g/mol. The first-order chi connectivity index (χ1) is 14.0. The van der Waals surface area contributed by atoms with Gasteiger partial charge in [-0.25, -0.2) is 5.43 Å². The lowest BCUT2D eigenvalue weighted by atomic mass is 10.2. The van der Waals surface area contributed by atoms with Gasteiger partial charge in [-0.1, -0.05) is 18.2 Å². The van der Waals surface area contributed by atoms with Gasteiger partial charge in [0.1, 0.15) is 0 Å². The van der Waals surface area contributed by atoms with Gasteiger partial charge in [-0.2, -0.15) is 5.10 Å². The lowest BCUT2D eigenvalue weighted by Gasteiger charge is -2.09. The molecule has 0 unspecified atom stereocenters. The van der Waals surface area contributed by atoms with Crippen LogP contribution in [0.4, 0.5) is 17.1 Å². The van der Waals surface area contributed by atoms with Crippen molar-refractivity contribution in [3.05, 3.63) is 54.6 Å². The maximum atomic E-state index is 12.1. The first-order valence-corrected chi connectivity index (χ1v) is 8.92. The van der Waals surface area contributed by atoms with Crippen molar-refractivity contribution in [3.63, 3.8) is 0 Å². The summed E-state index contributed by atoms with van der Waals surface area (Å²) >= 11 is 0. The van der Waals surface area contributed by atoms with Crippen molar-refractivity contribution >= 4 is 40.5 Å². The van der Waals surface area contributed by atoms with Gasteiger partial charge in [0.25, 0.3) is 0 Å². The van der Waals surface area contributed by atoms with Crippen LogP contribution in [0.1, 0.15) is 13.3 Å². The maximum Gasteiger partial charge on any atom is 0.329 e. The third kappa shape index (κ3) is 7.81. The number of rotatable bonds is 8. The number of benzene rings is 2. The number of para-hydroxylation sites is 1. The van der Waals surface area contributed by atoms with Crippen molar-refractivity contribution in [3.8, 4) is 0 Å². The Labute approximate surface area is 168 Å². The molecular formula is C20H23N5O4. The standard InChI is InChI=1S/C20H23N5O4/c1-14(24-25-20(29)19(28)21-11-12-26)13-18(27)23-17-9-7-16(8-10-17)22-15-5-3-2-4-6-15/h2-10,22,26H,11-13H2,1H3,(H,21,28)(H,23,27)(H,25,29)/b24-14+. The molecule has 3 amide bonds. The highest BCUT2D eigenvalue weighted by molar-refractivity contribution is 6.35. The Morgan fingerprint density at radius 3 is 2.17 bits per heavy atom. The minimum absolute atomic E-state index is 0.0307. The molecule has 9 heteroatoms. The molecule has 29 heavy (non-hydrogen) atoms. The van der Waals surface area contributed by atoms with Crippen LogP contribution in [0, 0.1) is 0 Å². The molecule has 0 saturated carbocycles. The molecule has 5 N–H and O–H groups in total. The zero-order valence-electron chi connectivity index (χ0n) is 15.9. The normalized spacial score (nSPS) is 10.8. The smallest absolute Gasteiger partial charge is 0.329 e. The first-order valence-electron chi connectivity index (χ1n) is 8.92. The van der Waals surface area contributed by atoms with E-state index in [9.17, 15) is 14.4 Å². The Morgan fingerprint density at radius 2 is 1.52 bits per heavy atom. The molecule has 2 aromatic carbocycles. The Balaban J connectivity index is 1.80. The molecule has 0 aromatic heterocycles. The predicted molar refractivity (Wildman–Crippen MR) is 111 cm³/mol. The minimum atomic E-state index is -0.972. The SMILES string of the molecule is C/C(CC(=O)Nc1ccc(Nc2ccccc2)cc1)=N\NC(=O)C(=O)NCCO. The van der Waals surface area contributed by atoms with Gasteiger partial charge in [-0.3, -0.25) is 14.4 Å². The maximum absolute atomic E-state index is 12.1. The largest absolute Gasteiger partial charge is 0.395 e. The van der Waals surface area contributed by atoms with Crippen molar-refractivity contribution in [1.29, 1.82) is 0 Å². The van der Waals surface area contributed by atoms with E-state index in [-0.39, 0.29) is 25.5 Å². The number of nitrogens with zero attached hydrogens (tertiary/aromatic N) is 1. The summed E-state index contributed by atoms with van der Waals surface area (Å²) in [5.74, 6) is -2.20. The van der Waals surface area contributed by atoms with Crippen molar-refractivity contribution in [2.24, 2.45) is 5.10 Å². The molecule has 0 fully saturated rings. The number of anilines is 3. The van der Waals surface area contributed by atoms with Crippen LogP contribution in [0.5, 0.6) is 0 Å². The van der Waals surface area contributed by atoms with Crippen LogP contribution in [0.25, 0.3) is 0 Å². The fraction of sp³-hybridized carbons (Fsp3) is 0.200. The van der Waals surface area contributed by atoms with Crippen LogP contribution in [-0.2, 0) is 14.4 Å². The van der Waals surface area contributed by atoms with E-state index in [1.807, 2.05) is 42.5 Å². The second-order valence-electron chi connectivity index (χ2n) is 6.06. The molecular weight excluding hydrogens is 374 g/mol. The fourth-order valence-corrected chi connectivity index (χ4v) is 2.25. The predicted octanol–water partition coefficient (Wildman–Crippen LogP) is 1.36. The average molecular weight is 397 g/mol. The van der Waals surface area contributed by atoms with E-state index in [0.717, 1.165) is 11.4 Å². The highest BCUT2D eigenvalue weighted by Gasteiger charge is 2.12. The molecule has 0 bridgehead atoms. The van der Waals surface area contributed by atoms with Gasteiger partial charge in [0.2, 0.25) is 5.91 Å². The molecule has 2 aromatic rings. The highest BCUT2D eigenvalue weighted by Crippen LogP contribution is 2.18. The summed E-state index contributed by atoms with van der Waals surface area (Å²) < 4.78 is 0. The molecule has 0 aliphatic rings. The average Bonchev–Trinajstić information content (AvgIpc) is 2.72. The molecule has 0 atom stereocenters. The molecule has 0 radical (unpaired) electrons. The third-order valence-electron chi connectivity index (χ3n) is 3.60. The Morgan fingerprint density at radius 1 is 0.897 bits per heavy atom. The van der Waals surface area contributed by atoms with Crippen LogP contribution in [0.2, 0.25) is 0 Å². The van der Waals surface area contributed by atoms with Gasteiger partial charge in [0, 0.05) is 29.3 Å². The van der Waals surface area contributed by atoms with Crippen molar-refractivity contribution in [2.75, 3.05) is 23.8 Å². The summed E-state index contributed by atoms with van der Waals surface area (Å²) in [6.07, 6.45) is -0.0530. The first kappa shape index (κ1) is 21.6. The quantitative estimate of drug-likeness (QED) is 0.261. The molecule has 0 aliphatic carbocycles. The van der Waals surface area contributed by atoms with Crippen LogP contribution in [0.15, 0.2) is 59.7 Å². The van der Waals surface area contributed by atoms with Gasteiger partial charge >= 0.3 is 11.8 Å². The van der Waals surface area contributed by atoms with E-state index in [2.05, 4.69) is 26.5 Å². The van der Waals surface area contributed by atoms with E-state index in [0.29, 0.717) is 11.4 Å². The van der Waals surface area contributed by atoms with Crippen LogP contribution < -0.4 is 21.4 Å². The van der Waals surface area contributed by atoms with Crippen molar-refractivity contribution < 1.29 is 19.5 Å². The molecule has 2 rings (SSSR count). The van der Waals surface area contributed by atoms with Gasteiger partial charge in [-0.05, 0) is 43.3 Å². The highest BCUT2D eigenvalue weighted by atomic mass is 16.3. The summed E-state index contributed by atoms with van der Waals surface area (Å²) in [5.41, 5.74) is 4.85. The van der Waals surface area contributed by atoms with Crippen LogP contribution in [-0.4, -0.2) is 41.7 Å². The number of aliphatic hydroxyl groups is 1. The second kappa shape index (κ2) is 11.2. The summed E-state index contributed by atoms with van der Waals surface area (Å²) in [4.78, 5) is 34.9. The number of nitrogens with one attached hydrogen (secondary N) is 4. The number of hydrogen-bond donors (Lipinski definition) is 5. The van der Waals surface area contributed by atoms with Crippen LogP contribution >= 0.6 is 0 Å².